The van der Waals surface area contributed by atoms with Crippen LogP contribution in [-0.4, -0.2) is 53.9 Å². The summed E-state index contributed by atoms with van der Waals surface area (Å²) >= 11 is 3.43. The average molecular weight is 473 g/mol. The molecule has 1 aliphatic heterocycles. The number of rotatable bonds is 8. The van der Waals surface area contributed by atoms with E-state index in [1.807, 2.05) is 64.4 Å². The summed E-state index contributed by atoms with van der Waals surface area (Å²) in [5.74, 6) is 0.955. The van der Waals surface area contributed by atoms with Crippen LogP contribution in [0, 0.1) is 0 Å². The van der Waals surface area contributed by atoms with Gasteiger partial charge < -0.3 is 14.5 Å². The van der Waals surface area contributed by atoms with Gasteiger partial charge in [-0.2, -0.15) is 0 Å². The van der Waals surface area contributed by atoms with E-state index in [1.54, 1.807) is 0 Å². The highest BCUT2D eigenvalue weighted by Crippen LogP contribution is 2.21. The highest BCUT2D eigenvalue weighted by molar-refractivity contribution is 9.10. The van der Waals surface area contributed by atoms with Crippen LogP contribution >= 0.6 is 15.9 Å². The quantitative estimate of drug-likeness (QED) is 0.556. The van der Waals surface area contributed by atoms with Crippen LogP contribution < -0.4 is 4.74 Å². The first-order valence-electron chi connectivity index (χ1n) is 10.6. The number of carbonyl (C=O) groups excluding carboxylic acids is 2. The Kier molecular flexibility index (Phi) is 8.31. The average Bonchev–Trinajstić information content (AvgIpc) is 2.78. The minimum absolute atomic E-state index is 0.0739. The second-order valence-corrected chi connectivity index (χ2v) is 8.45. The summed E-state index contributed by atoms with van der Waals surface area (Å²) in [7, 11) is 0. The molecule has 0 N–H and O–H groups in total. The normalized spacial score (nSPS) is 14.4. The lowest BCUT2D eigenvalue weighted by Gasteiger charge is -2.38. The lowest BCUT2D eigenvalue weighted by Crippen LogP contribution is -2.49. The highest BCUT2D eigenvalue weighted by Gasteiger charge is 2.29. The Morgan fingerprint density at radius 2 is 1.83 bits per heavy atom. The van der Waals surface area contributed by atoms with Gasteiger partial charge in [0.1, 0.15) is 5.75 Å². The molecule has 0 radical (unpaired) electrons. The van der Waals surface area contributed by atoms with Crippen LogP contribution in [0.2, 0.25) is 0 Å². The Balaban J connectivity index is 1.50. The molecular formula is C24H29BrN2O3. The van der Waals surface area contributed by atoms with Crippen LogP contribution in [0.1, 0.15) is 43.0 Å². The van der Waals surface area contributed by atoms with E-state index in [4.69, 9.17) is 4.74 Å². The Hall–Kier alpha value is -2.34. The molecule has 2 aromatic rings. The minimum Gasteiger partial charge on any atom is -0.493 e. The SMILES string of the molecule is CCCN(C(=O)CCOc1cccc(Br)c1)C1CCN(C(=O)c2ccccc2)CC1. The molecule has 0 spiro atoms. The van der Waals surface area contributed by atoms with Crippen molar-refractivity contribution in [3.05, 3.63) is 64.6 Å². The lowest BCUT2D eigenvalue weighted by molar-refractivity contribution is -0.135. The van der Waals surface area contributed by atoms with Gasteiger partial charge in [-0.25, -0.2) is 0 Å². The number of piperidine rings is 1. The van der Waals surface area contributed by atoms with Gasteiger partial charge in [0, 0.05) is 35.7 Å². The third kappa shape index (κ3) is 6.08. The van der Waals surface area contributed by atoms with Crippen molar-refractivity contribution in [1.29, 1.82) is 0 Å². The van der Waals surface area contributed by atoms with Crippen LogP contribution in [0.4, 0.5) is 0 Å². The second kappa shape index (κ2) is 11.2. The predicted molar refractivity (Wildman–Crippen MR) is 122 cm³/mol. The predicted octanol–water partition coefficient (Wildman–Crippen LogP) is 4.76. The molecule has 2 aromatic carbocycles. The van der Waals surface area contributed by atoms with Crippen LogP contribution in [0.5, 0.6) is 5.75 Å². The molecule has 160 valence electrons. The summed E-state index contributed by atoms with van der Waals surface area (Å²) in [6.45, 7) is 4.56. The molecule has 30 heavy (non-hydrogen) atoms. The Labute approximate surface area is 187 Å². The number of halogens is 1. The molecule has 0 unspecified atom stereocenters. The van der Waals surface area contributed by atoms with Crippen LogP contribution in [0.3, 0.4) is 0 Å². The number of amides is 2. The summed E-state index contributed by atoms with van der Waals surface area (Å²) in [5.41, 5.74) is 0.724. The highest BCUT2D eigenvalue weighted by atomic mass is 79.9. The Morgan fingerprint density at radius 3 is 2.50 bits per heavy atom. The molecule has 2 amide bonds. The molecule has 0 aliphatic carbocycles. The number of hydrogen-bond acceptors (Lipinski definition) is 3. The van der Waals surface area contributed by atoms with Crippen molar-refractivity contribution in [3.8, 4) is 5.75 Å². The zero-order valence-electron chi connectivity index (χ0n) is 17.4. The van der Waals surface area contributed by atoms with Gasteiger partial charge in [-0.1, -0.05) is 47.1 Å². The van der Waals surface area contributed by atoms with E-state index in [2.05, 4.69) is 22.9 Å². The summed E-state index contributed by atoms with van der Waals surface area (Å²) in [5, 5.41) is 0. The fourth-order valence-electron chi connectivity index (χ4n) is 3.85. The summed E-state index contributed by atoms with van der Waals surface area (Å²) < 4.78 is 6.69. The number of nitrogens with zero attached hydrogens (tertiary/aromatic N) is 2. The topological polar surface area (TPSA) is 49.9 Å². The van der Waals surface area contributed by atoms with Crippen LogP contribution in [-0.2, 0) is 4.79 Å². The first kappa shape index (κ1) is 22.3. The van der Waals surface area contributed by atoms with Crippen LogP contribution in [0.25, 0.3) is 0 Å². The lowest BCUT2D eigenvalue weighted by atomic mass is 10.0. The zero-order valence-corrected chi connectivity index (χ0v) is 19.0. The Morgan fingerprint density at radius 1 is 1.10 bits per heavy atom. The smallest absolute Gasteiger partial charge is 0.253 e. The van der Waals surface area contributed by atoms with Gasteiger partial charge in [0.05, 0.1) is 13.0 Å². The first-order valence-corrected chi connectivity index (χ1v) is 11.4. The zero-order chi connectivity index (χ0) is 21.3. The van der Waals surface area contributed by atoms with E-state index in [0.717, 1.165) is 41.6 Å². The molecule has 5 nitrogen and oxygen atoms in total. The van der Waals surface area contributed by atoms with Crippen molar-refractivity contribution in [2.45, 2.75) is 38.6 Å². The number of hydrogen-bond donors (Lipinski definition) is 0. The van der Waals surface area contributed by atoms with E-state index < -0.39 is 0 Å². The summed E-state index contributed by atoms with van der Waals surface area (Å²) in [6.07, 6.45) is 2.91. The second-order valence-electron chi connectivity index (χ2n) is 7.53. The monoisotopic (exact) mass is 472 g/mol. The number of benzene rings is 2. The van der Waals surface area contributed by atoms with E-state index >= 15 is 0 Å². The molecule has 1 heterocycles. The van der Waals surface area contributed by atoms with Crippen molar-refractivity contribution in [2.24, 2.45) is 0 Å². The van der Waals surface area contributed by atoms with Gasteiger partial charge in [0.25, 0.3) is 5.91 Å². The first-order chi connectivity index (χ1) is 14.6. The van der Waals surface area contributed by atoms with Crippen molar-refractivity contribution < 1.29 is 14.3 Å². The van der Waals surface area contributed by atoms with Crippen molar-refractivity contribution >= 4 is 27.7 Å². The maximum Gasteiger partial charge on any atom is 0.253 e. The van der Waals surface area contributed by atoms with Gasteiger partial charge in [-0.15, -0.1) is 0 Å². The number of ether oxygens (including phenoxy) is 1. The molecule has 0 aromatic heterocycles. The van der Waals surface area contributed by atoms with Gasteiger partial charge >= 0.3 is 0 Å². The Bertz CT molecular complexity index is 835. The van der Waals surface area contributed by atoms with E-state index in [-0.39, 0.29) is 17.9 Å². The molecule has 0 atom stereocenters. The fraction of sp³-hybridized carbons (Fsp3) is 0.417. The van der Waals surface area contributed by atoms with Gasteiger partial charge in [0.15, 0.2) is 0 Å². The molecule has 6 heteroatoms. The number of likely N-dealkylation sites (tertiary alicyclic amines) is 1. The third-order valence-corrected chi connectivity index (χ3v) is 5.87. The number of carbonyl (C=O) groups is 2. The molecule has 0 saturated carbocycles. The molecule has 1 fully saturated rings. The fourth-order valence-corrected chi connectivity index (χ4v) is 4.23. The maximum absolute atomic E-state index is 12.9. The summed E-state index contributed by atoms with van der Waals surface area (Å²) in [6, 6.07) is 17.2. The molecule has 1 saturated heterocycles. The maximum atomic E-state index is 12.9. The van der Waals surface area contributed by atoms with E-state index in [9.17, 15) is 9.59 Å². The molecular weight excluding hydrogens is 444 g/mol. The van der Waals surface area contributed by atoms with E-state index in [0.29, 0.717) is 26.1 Å². The van der Waals surface area contributed by atoms with Gasteiger partial charge in [0.2, 0.25) is 5.91 Å². The van der Waals surface area contributed by atoms with Crippen molar-refractivity contribution in [2.75, 3.05) is 26.2 Å². The molecule has 0 bridgehead atoms. The minimum atomic E-state index is 0.0739. The molecule has 3 rings (SSSR count). The van der Waals surface area contributed by atoms with Gasteiger partial charge in [-0.05, 0) is 49.6 Å². The standard InChI is InChI=1S/C24H29BrN2O3/c1-2-14-27(23(28)13-17-30-22-10-6-9-20(25)18-22)21-11-15-26(16-12-21)24(29)19-7-4-3-5-8-19/h3-10,18,21H,2,11-17H2,1H3. The largest absolute Gasteiger partial charge is 0.493 e. The third-order valence-electron chi connectivity index (χ3n) is 5.38. The van der Waals surface area contributed by atoms with Crippen LogP contribution in [0.15, 0.2) is 59.1 Å². The molecule has 1 aliphatic rings. The van der Waals surface area contributed by atoms with Gasteiger partial charge in [-0.3, -0.25) is 9.59 Å². The van der Waals surface area contributed by atoms with Crippen molar-refractivity contribution in [1.82, 2.24) is 9.80 Å². The van der Waals surface area contributed by atoms with Crippen molar-refractivity contribution in [3.63, 3.8) is 0 Å². The summed E-state index contributed by atoms with van der Waals surface area (Å²) in [4.78, 5) is 29.4. The van der Waals surface area contributed by atoms with E-state index in [1.165, 1.54) is 0 Å².